The third kappa shape index (κ3) is 3.00. The van der Waals surface area contributed by atoms with Crippen LogP contribution in [0.25, 0.3) is 0 Å². The van der Waals surface area contributed by atoms with E-state index in [1.807, 2.05) is 31.5 Å². The van der Waals surface area contributed by atoms with Gasteiger partial charge in [-0.1, -0.05) is 18.2 Å². The maximum atomic E-state index is 12.1. The van der Waals surface area contributed by atoms with E-state index in [9.17, 15) is 9.90 Å². The van der Waals surface area contributed by atoms with E-state index >= 15 is 0 Å². The molecule has 110 valence electrons. The van der Waals surface area contributed by atoms with Crippen LogP contribution in [-0.2, 0) is 4.79 Å². The van der Waals surface area contributed by atoms with E-state index in [1.54, 1.807) is 16.7 Å². The molecule has 5 heteroatoms. The van der Waals surface area contributed by atoms with Gasteiger partial charge in [-0.2, -0.15) is 11.8 Å². The minimum Gasteiger partial charge on any atom is -0.395 e. The zero-order chi connectivity index (χ0) is 14.7. The van der Waals surface area contributed by atoms with Crippen molar-refractivity contribution in [1.82, 2.24) is 5.32 Å². The SMILES string of the molecule is CSC(CO)C(C)NC1CC(=O)N(C)c2ccccc21. The van der Waals surface area contributed by atoms with Crippen molar-refractivity contribution < 1.29 is 9.90 Å². The lowest BCUT2D eigenvalue weighted by molar-refractivity contribution is -0.119. The Morgan fingerprint density at radius 3 is 2.85 bits per heavy atom. The van der Waals surface area contributed by atoms with Gasteiger partial charge in [-0.3, -0.25) is 4.79 Å². The summed E-state index contributed by atoms with van der Waals surface area (Å²) in [6, 6.07) is 8.15. The molecule has 0 aliphatic carbocycles. The summed E-state index contributed by atoms with van der Waals surface area (Å²) in [7, 11) is 1.82. The third-order valence-electron chi connectivity index (χ3n) is 3.93. The van der Waals surface area contributed by atoms with E-state index in [1.165, 1.54) is 0 Å². The molecule has 0 radical (unpaired) electrons. The number of para-hydroxylation sites is 1. The van der Waals surface area contributed by atoms with E-state index in [-0.39, 0.29) is 29.8 Å². The van der Waals surface area contributed by atoms with Crippen molar-refractivity contribution in [3.63, 3.8) is 0 Å². The van der Waals surface area contributed by atoms with E-state index in [2.05, 4.69) is 18.3 Å². The number of carbonyl (C=O) groups is 1. The first-order valence-corrected chi connectivity index (χ1v) is 8.12. The Balaban J connectivity index is 2.21. The summed E-state index contributed by atoms with van der Waals surface area (Å²) in [5.74, 6) is 0.123. The fourth-order valence-electron chi connectivity index (χ4n) is 2.65. The standard InChI is InChI=1S/C15H22N2O2S/c1-10(14(9-18)20-3)16-12-8-15(19)17(2)13-7-5-4-6-11(12)13/h4-7,10,12,14,16,18H,8-9H2,1-3H3. The molecule has 1 heterocycles. The van der Waals surface area contributed by atoms with Gasteiger partial charge in [0.1, 0.15) is 0 Å². The van der Waals surface area contributed by atoms with E-state index in [0.29, 0.717) is 6.42 Å². The molecule has 1 aliphatic heterocycles. The van der Waals surface area contributed by atoms with Crippen LogP contribution in [0.2, 0.25) is 0 Å². The van der Waals surface area contributed by atoms with Gasteiger partial charge in [-0.25, -0.2) is 0 Å². The van der Waals surface area contributed by atoms with Crippen LogP contribution in [0.15, 0.2) is 24.3 Å². The summed E-state index contributed by atoms with van der Waals surface area (Å²) in [5, 5.41) is 13.0. The maximum Gasteiger partial charge on any atom is 0.228 e. The zero-order valence-corrected chi connectivity index (χ0v) is 13.0. The zero-order valence-electron chi connectivity index (χ0n) is 12.2. The Morgan fingerprint density at radius 2 is 2.20 bits per heavy atom. The predicted molar refractivity (Wildman–Crippen MR) is 84.2 cm³/mol. The minimum atomic E-state index is 0.0195. The van der Waals surface area contributed by atoms with Gasteiger partial charge in [0.25, 0.3) is 0 Å². The third-order valence-corrected chi connectivity index (χ3v) is 5.09. The fourth-order valence-corrected chi connectivity index (χ4v) is 3.29. The van der Waals surface area contributed by atoms with E-state index < -0.39 is 0 Å². The number of aliphatic hydroxyl groups excluding tert-OH is 1. The lowest BCUT2D eigenvalue weighted by Gasteiger charge is -2.35. The summed E-state index contributed by atoms with van der Waals surface area (Å²) in [4.78, 5) is 13.8. The highest BCUT2D eigenvalue weighted by atomic mass is 32.2. The normalized spacial score (nSPS) is 21.5. The first-order chi connectivity index (χ1) is 9.58. The summed E-state index contributed by atoms with van der Waals surface area (Å²) in [6.07, 6.45) is 2.46. The molecule has 1 amide bonds. The average Bonchev–Trinajstić information content (AvgIpc) is 2.46. The Bertz CT molecular complexity index is 477. The maximum absolute atomic E-state index is 12.1. The van der Waals surface area contributed by atoms with Crippen molar-refractivity contribution in [2.24, 2.45) is 0 Å². The van der Waals surface area contributed by atoms with Gasteiger partial charge in [-0.15, -0.1) is 0 Å². The predicted octanol–water partition coefficient (Wildman–Crippen LogP) is 1.80. The number of fused-ring (bicyclic) bond motifs is 1. The lowest BCUT2D eigenvalue weighted by atomic mass is 9.95. The molecule has 1 aromatic rings. The van der Waals surface area contributed by atoms with Gasteiger partial charge in [0.15, 0.2) is 0 Å². The van der Waals surface area contributed by atoms with Gasteiger partial charge in [0.05, 0.1) is 6.61 Å². The van der Waals surface area contributed by atoms with Gasteiger partial charge < -0.3 is 15.3 Å². The van der Waals surface area contributed by atoms with Crippen LogP contribution in [0.1, 0.15) is 24.9 Å². The molecule has 20 heavy (non-hydrogen) atoms. The number of rotatable bonds is 5. The first kappa shape index (κ1) is 15.4. The van der Waals surface area contributed by atoms with Crippen LogP contribution >= 0.6 is 11.8 Å². The monoisotopic (exact) mass is 294 g/mol. The van der Waals surface area contributed by atoms with E-state index in [0.717, 1.165) is 11.3 Å². The molecule has 2 rings (SSSR count). The first-order valence-electron chi connectivity index (χ1n) is 6.83. The van der Waals surface area contributed by atoms with Crippen molar-refractivity contribution >= 4 is 23.4 Å². The van der Waals surface area contributed by atoms with Crippen molar-refractivity contribution in [3.05, 3.63) is 29.8 Å². The number of nitrogens with one attached hydrogen (secondary N) is 1. The highest BCUT2D eigenvalue weighted by molar-refractivity contribution is 7.99. The number of hydrogen-bond acceptors (Lipinski definition) is 4. The Morgan fingerprint density at radius 1 is 1.50 bits per heavy atom. The highest BCUT2D eigenvalue weighted by Crippen LogP contribution is 2.34. The van der Waals surface area contributed by atoms with Gasteiger partial charge in [0, 0.05) is 36.5 Å². The minimum absolute atomic E-state index is 0.0195. The molecule has 0 saturated carbocycles. The second kappa shape index (κ2) is 6.61. The van der Waals surface area contributed by atoms with Gasteiger partial charge >= 0.3 is 0 Å². The second-order valence-electron chi connectivity index (χ2n) is 5.18. The number of hydrogen-bond donors (Lipinski definition) is 2. The Hall–Kier alpha value is -1.04. The molecule has 3 atom stereocenters. The van der Waals surface area contributed by atoms with Crippen LogP contribution in [0, 0.1) is 0 Å². The smallest absolute Gasteiger partial charge is 0.228 e. The number of nitrogens with zero attached hydrogens (tertiary/aromatic N) is 1. The largest absolute Gasteiger partial charge is 0.395 e. The van der Waals surface area contributed by atoms with Crippen molar-refractivity contribution in [1.29, 1.82) is 0 Å². The molecule has 2 N–H and O–H groups in total. The second-order valence-corrected chi connectivity index (χ2v) is 6.26. The molecule has 4 nitrogen and oxygen atoms in total. The topological polar surface area (TPSA) is 52.6 Å². The summed E-state index contributed by atoms with van der Waals surface area (Å²) >= 11 is 1.64. The molecule has 0 saturated heterocycles. The van der Waals surface area contributed by atoms with Crippen LogP contribution in [-0.4, -0.2) is 42.2 Å². The molecule has 3 unspecified atom stereocenters. The molecule has 0 spiro atoms. The quantitative estimate of drug-likeness (QED) is 0.869. The Labute approximate surface area is 124 Å². The highest BCUT2D eigenvalue weighted by Gasteiger charge is 2.30. The average molecular weight is 294 g/mol. The molecular weight excluding hydrogens is 272 g/mol. The number of carbonyl (C=O) groups excluding carboxylic acids is 1. The van der Waals surface area contributed by atoms with Crippen molar-refractivity contribution in [2.45, 2.75) is 30.7 Å². The molecule has 0 fully saturated rings. The summed E-state index contributed by atoms with van der Waals surface area (Å²) in [5.41, 5.74) is 2.12. The van der Waals surface area contributed by atoms with Crippen LogP contribution in [0.5, 0.6) is 0 Å². The molecule has 1 aromatic carbocycles. The summed E-state index contributed by atoms with van der Waals surface area (Å²) in [6.45, 7) is 2.19. The lowest BCUT2D eigenvalue weighted by Crippen LogP contribution is -2.44. The molecule has 1 aliphatic rings. The summed E-state index contributed by atoms with van der Waals surface area (Å²) < 4.78 is 0. The van der Waals surface area contributed by atoms with Crippen LogP contribution in [0.4, 0.5) is 5.69 Å². The number of benzene rings is 1. The molecular formula is C15H22N2O2S. The molecule has 0 aromatic heterocycles. The fraction of sp³-hybridized carbons (Fsp3) is 0.533. The van der Waals surface area contributed by atoms with Gasteiger partial charge in [0.2, 0.25) is 5.91 Å². The number of thioether (sulfide) groups is 1. The number of amides is 1. The number of anilines is 1. The number of aliphatic hydroxyl groups is 1. The van der Waals surface area contributed by atoms with Crippen LogP contribution < -0.4 is 10.2 Å². The van der Waals surface area contributed by atoms with Crippen molar-refractivity contribution in [3.8, 4) is 0 Å². The molecule has 0 bridgehead atoms. The Kier molecular flexibility index (Phi) is 5.07. The van der Waals surface area contributed by atoms with E-state index in [4.69, 9.17) is 0 Å². The van der Waals surface area contributed by atoms with Crippen molar-refractivity contribution in [2.75, 3.05) is 24.8 Å². The van der Waals surface area contributed by atoms with Gasteiger partial charge in [-0.05, 0) is 24.8 Å². The van der Waals surface area contributed by atoms with Crippen LogP contribution in [0.3, 0.4) is 0 Å².